The van der Waals surface area contributed by atoms with Crippen molar-refractivity contribution in [2.45, 2.75) is 71.6 Å². The number of rotatable bonds is 13. The van der Waals surface area contributed by atoms with Crippen molar-refractivity contribution in [2.75, 3.05) is 13.2 Å². The molecule has 0 amide bonds. The van der Waals surface area contributed by atoms with Crippen molar-refractivity contribution in [3.05, 3.63) is 42.5 Å². The number of fused-ring (bicyclic) bond motifs is 3. The van der Waals surface area contributed by atoms with Crippen LogP contribution in [0.1, 0.15) is 71.6 Å². The largest absolute Gasteiger partial charge is 0.494 e. The van der Waals surface area contributed by atoms with Gasteiger partial charge in [-0.1, -0.05) is 70.9 Å². The van der Waals surface area contributed by atoms with Crippen molar-refractivity contribution in [3.8, 4) is 11.6 Å². The topological polar surface area (TPSA) is 31.4 Å². The van der Waals surface area contributed by atoms with Gasteiger partial charge in [-0.05, 0) is 47.9 Å². The molecule has 0 atom stereocenters. The summed E-state index contributed by atoms with van der Waals surface area (Å²) in [7, 11) is 0. The molecule has 29 heavy (non-hydrogen) atoms. The van der Waals surface area contributed by atoms with Gasteiger partial charge in [-0.2, -0.15) is 0 Å². The molecule has 3 rings (SSSR count). The van der Waals surface area contributed by atoms with E-state index in [1.165, 1.54) is 55.7 Å². The summed E-state index contributed by atoms with van der Waals surface area (Å²) in [4.78, 5) is 4.68. The van der Waals surface area contributed by atoms with Crippen LogP contribution >= 0.6 is 0 Å². The Kier molecular flexibility index (Phi) is 8.60. The minimum Gasteiger partial charge on any atom is -0.494 e. The highest BCUT2D eigenvalue weighted by molar-refractivity contribution is 6.06. The van der Waals surface area contributed by atoms with E-state index < -0.39 is 0 Å². The first-order chi connectivity index (χ1) is 14.3. The molecule has 0 aliphatic rings. The molecular formula is C26H35NO2. The lowest BCUT2D eigenvalue weighted by molar-refractivity contribution is 0.296. The lowest BCUT2D eigenvalue weighted by Crippen LogP contribution is -1.99. The lowest BCUT2D eigenvalue weighted by atomic mass is 10.0. The second kappa shape index (κ2) is 11.6. The van der Waals surface area contributed by atoms with Gasteiger partial charge >= 0.3 is 0 Å². The van der Waals surface area contributed by atoms with Crippen LogP contribution in [-0.4, -0.2) is 18.2 Å². The van der Waals surface area contributed by atoms with Gasteiger partial charge in [-0.25, -0.2) is 4.98 Å². The van der Waals surface area contributed by atoms with Gasteiger partial charge in [0.15, 0.2) is 0 Å². The first-order valence-corrected chi connectivity index (χ1v) is 11.4. The number of hydrogen-bond donors (Lipinski definition) is 0. The number of nitrogens with zero attached hydrogens (tertiary/aromatic N) is 1. The number of hydrogen-bond acceptors (Lipinski definition) is 3. The smallest absolute Gasteiger partial charge is 0.213 e. The highest BCUT2D eigenvalue weighted by atomic mass is 16.5. The molecular weight excluding hydrogens is 358 g/mol. The Morgan fingerprint density at radius 3 is 2.21 bits per heavy atom. The van der Waals surface area contributed by atoms with Crippen molar-refractivity contribution in [1.29, 1.82) is 0 Å². The molecule has 3 nitrogen and oxygen atoms in total. The summed E-state index contributed by atoms with van der Waals surface area (Å²) in [6.07, 6.45) is 11.2. The molecule has 156 valence electrons. The third kappa shape index (κ3) is 6.35. The molecule has 3 aromatic rings. The average molecular weight is 394 g/mol. The van der Waals surface area contributed by atoms with Crippen LogP contribution in [0.2, 0.25) is 0 Å². The zero-order chi connectivity index (χ0) is 20.3. The number of pyridine rings is 1. The van der Waals surface area contributed by atoms with Crippen LogP contribution in [0.3, 0.4) is 0 Å². The molecule has 0 saturated carbocycles. The number of benzene rings is 2. The molecule has 0 spiro atoms. The molecule has 0 aliphatic carbocycles. The van der Waals surface area contributed by atoms with Crippen LogP contribution in [-0.2, 0) is 0 Å². The van der Waals surface area contributed by atoms with Crippen LogP contribution in [0.4, 0.5) is 0 Å². The Labute approximate surface area is 175 Å². The fourth-order valence-corrected chi connectivity index (χ4v) is 3.68. The van der Waals surface area contributed by atoms with Crippen LogP contribution in [0.5, 0.6) is 11.6 Å². The van der Waals surface area contributed by atoms with Crippen molar-refractivity contribution >= 4 is 21.7 Å². The monoisotopic (exact) mass is 393 g/mol. The predicted molar refractivity (Wildman–Crippen MR) is 123 cm³/mol. The molecule has 0 bridgehead atoms. The highest BCUT2D eigenvalue weighted by Gasteiger charge is 2.05. The quantitative estimate of drug-likeness (QED) is 0.220. The normalized spacial score (nSPS) is 11.2. The van der Waals surface area contributed by atoms with Gasteiger partial charge in [-0.15, -0.1) is 0 Å². The zero-order valence-corrected chi connectivity index (χ0v) is 18.1. The van der Waals surface area contributed by atoms with E-state index in [4.69, 9.17) is 9.47 Å². The second-order valence-corrected chi connectivity index (χ2v) is 7.84. The molecule has 0 unspecified atom stereocenters. The maximum Gasteiger partial charge on any atom is 0.213 e. The molecule has 0 N–H and O–H groups in total. The molecule has 1 aromatic heterocycles. The molecule has 0 saturated heterocycles. The van der Waals surface area contributed by atoms with Crippen molar-refractivity contribution in [2.24, 2.45) is 0 Å². The van der Waals surface area contributed by atoms with Crippen molar-refractivity contribution < 1.29 is 9.47 Å². The van der Waals surface area contributed by atoms with E-state index in [2.05, 4.69) is 55.2 Å². The van der Waals surface area contributed by atoms with E-state index in [-0.39, 0.29) is 0 Å². The van der Waals surface area contributed by atoms with E-state index in [1.807, 2.05) is 6.07 Å². The third-order valence-corrected chi connectivity index (χ3v) is 5.40. The van der Waals surface area contributed by atoms with Crippen molar-refractivity contribution in [3.63, 3.8) is 0 Å². The molecule has 3 heteroatoms. The Morgan fingerprint density at radius 2 is 1.34 bits per heavy atom. The zero-order valence-electron chi connectivity index (χ0n) is 18.1. The fourth-order valence-electron chi connectivity index (χ4n) is 3.68. The summed E-state index contributed by atoms with van der Waals surface area (Å²) < 4.78 is 11.8. The molecule has 0 radical (unpaired) electrons. The van der Waals surface area contributed by atoms with Gasteiger partial charge in [0.2, 0.25) is 5.88 Å². The summed E-state index contributed by atoms with van der Waals surface area (Å²) in [6.45, 7) is 5.98. The summed E-state index contributed by atoms with van der Waals surface area (Å²) >= 11 is 0. The Balaban J connectivity index is 1.60. The average Bonchev–Trinajstić information content (AvgIpc) is 2.75. The molecule has 2 aromatic carbocycles. The van der Waals surface area contributed by atoms with Gasteiger partial charge in [0.25, 0.3) is 0 Å². The predicted octanol–water partition coefficient (Wildman–Crippen LogP) is 7.70. The van der Waals surface area contributed by atoms with Gasteiger partial charge in [0.1, 0.15) is 5.75 Å². The molecule has 0 fully saturated rings. The first kappa shape index (κ1) is 21.4. The Hall–Kier alpha value is -2.29. The van der Waals surface area contributed by atoms with Crippen LogP contribution in [0.25, 0.3) is 21.7 Å². The maximum absolute atomic E-state index is 5.98. The SMILES string of the molecule is CCCCCCCCOc1ccc2c(ccc3nc(OCCCCC)ccc32)c1. The van der Waals surface area contributed by atoms with Crippen molar-refractivity contribution in [1.82, 2.24) is 4.98 Å². The Bertz CT molecular complexity index is 890. The van der Waals surface area contributed by atoms with E-state index in [1.54, 1.807) is 0 Å². The van der Waals surface area contributed by atoms with Gasteiger partial charge in [0.05, 0.1) is 18.7 Å². The third-order valence-electron chi connectivity index (χ3n) is 5.40. The minimum atomic E-state index is 0.715. The van der Waals surface area contributed by atoms with Crippen LogP contribution < -0.4 is 9.47 Å². The maximum atomic E-state index is 5.98. The Morgan fingerprint density at radius 1 is 0.655 bits per heavy atom. The minimum absolute atomic E-state index is 0.715. The van der Waals surface area contributed by atoms with Crippen LogP contribution in [0, 0.1) is 0 Å². The fraction of sp³-hybridized carbons (Fsp3) is 0.500. The standard InChI is InChI=1S/C26H35NO2/c1-3-5-7-8-9-11-18-28-22-13-14-23-21(20-22)12-16-25-24(23)15-17-26(27-25)29-19-10-6-4-2/h12-17,20H,3-11,18-19H2,1-2H3. The van der Waals surface area contributed by atoms with E-state index in [0.717, 1.165) is 42.7 Å². The summed E-state index contributed by atoms with van der Waals surface area (Å²) in [6, 6.07) is 14.7. The molecule has 0 aliphatic heterocycles. The number of aromatic nitrogens is 1. The summed E-state index contributed by atoms with van der Waals surface area (Å²) in [5.41, 5.74) is 0.978. The lowest BCUT2D eigenvalue weighted by Gasteiger charge is -2.10. The summed E-state index contributed by atoms with van der Waals surface area (Å²) in [5, 5.41) is 3.56. The number of ether oxygens (including phenoxy) is 2. The highest BCUT2D eigenvalue weighted by Crippen LogP contribution is 2.29. The van der Waals surface area contributed by atoms with Crippen LogP contribution in [0.15, 0.2) is 42.5 Å². The molecule has 1 heterocycles. The number of unbranched alkanes of at least 4 members (excludes halogenated alkanes) is 7. The van der Waals surface area contributed by atoms with Gasteiger partial charge < -0.3 is 9.47 Å². The van der Waals surface area contributed by atoms with Gasteiger partial charge in [-0.3, -0.25) is 0 Å². The van der Waals surface area contributed by atoms with Gasteiger partial charge in [0, 0.05) is 11.5 Å². The van der Waals surface area contributed by atoms with E-state index >= 15 is 0 Å². The first-order valence-electron chi connectivity index (χ1n) is 11.4. The van der Waals surface area contributed by atoms with E-state index in [9.17, 15) is 0 Å². The van der Waals surface area contributed by atoms with E-state index in [0.29, 0.717) is 5.88 Å². The second-order valence-electron chi connectivity index (χ2n) is 7.84. The summed E-state index contributed by atoms with van der Waals surface area (Å²) in [5.74, 6) is 1.67.